The van der Waals surface area contributed by atoms with Crippen LogP contribution in [0.15, 0.2) is 9.59 Å². The molecule has 0 bridgehead atoms. The molecule has 2 aromatic heterocycles. The standard InChI is InChI=1S/C20H28N6O5/c1-23-18-16(19(29)24(2)20(23)30)21-17(22-18)13-6-5-9-26(10-13)15(28)12-31-11-14(27)25-7-3-4-8-25/h13H,3-12H2,1-2H3,(H,21,22). The number of hydrogen-bond acceptors (Lipinski definition) is 6. The fourth-order valence-electron chi connectivity index (χ4n) is 4.34. The predicted molar refractivity (Wildman–Crippen MR) is 112 cm³/mol. The Morgan fingerprint density at radius 1 is 1.00 bits per heavy atom. The predicted octanol–water partition coefficient (Wildman–Crippen LogP) is -0.695. The van der Waals surface area contributed by atoms with Gasteiger partial charge in [0.2, 0.25) is 11.8 Å². The number of nitrogens with one attached hydrogen (secondary N) is 1. The number of fused-ring (bicyclic) bond motifs is 1. The van der Waals surface area contributed by atoms with E-state index in [1.54, 1.807) is 16.8 Å². The molecular weight excluding hydrogens is 404 g/mol. The third-order valence-electron chi connectivity index (χ3n) is 6.18. The van der Waals surface area contributed by atoms with Gasteiger partial charge in [0.1, 0.15) is 24.6 Å². The largest absolute Gasteiger partial charge is 0.362 e. The minimum atomic E-state index is -0.434. The molecule has 4 heterocycles. The smallest absolute Gasteiger partial charge is 0.332 e. The zero-order valence-corrected chi connectivity index (χ0v) is 17.9. The number of hydrogen-bond donors (Lipinski definition) is 1. The summed E-state index contributed by atoms with van der Waals surface area (Å²) in [6.45, 7) is 2.35. The second kappa shape index (κ2) is 8.66. The van der Waals surface area contributed by atoms with Crippen molar-refractivity contribution < 1.29 is 14.3 Å². The number of nitrogens with zero attached hydrogens (tertiary/aromatic N) is 5. The van der Waals surface area contributed by atoms with Crippen LogP contribution in [0.3, 0.4) is 0 Å². The summed E-state index contributed by atoms with van der Waals surface area (Å²) in [6.07, 6.45) is 3.63. The molecule has 2 saturated heterocycles. The van der Waals surface area contributed by atoms with Crippen LogP contribution in [0.25, 0.3) is 11.2 Å². The molecule has 2 aromatic rings. The van der Waals surface area contributed by atoms with Crippen molar-refractivity contribution in [3.05, 3.63) is 26.7 Å². The maximum absolute atomic E-state index is 12.6. The molecule has 0 spiro atoms. The van der Waals surface area contributed by atoms with Crippen LogP contribution in [0.1, 0.15) is 37.4 Å². The highest BCUT2D eigenvalue weighted by Crippen LogP contribution is 2.26. The number of piperidine rings is 1. The summed E-state index contributed by atoms with van der Waals surface area (Å²) in [5, 5.41) is 0. The van der Waals surface area contributed by atoms with Crippen molar-refractivity contribution in [2.75, 3.05) is 39.4 Å². The molecule has 11 heteroatoms. The highest BCUT2D eigenvalue weighted by atomic mass is 16.5. The normalized spacial score (nSPS) is 19.4. The lowest BCUT2D eigenvalue weighted by Crippen LogP contribution is -2.42. The van der Waals surface area contributed by atoms with Gasteiger partial charge in [0.25, 0.3) is 5.56 Å². The van der Waals surface area contributed by atoms with Crippen LogP contribution < -0.4 is 11.2 Å². The first-order chi connectivity index (χ1) is 14.9. The highest BCUT2D eigenvalue weighted by molar-refractivity contribution is 5.80. The van der Waals surface area contributed by atoms with E-state index in [4.69, 9.17) is 4.74 Å². The van der Waals surface area contributed by atoms with E-state index in [0.29, 0.717) is 24.6 Å². The van der Waals surface area contributed by atoms with E-state index in [9.17, 15) is 19.2 Å². The molecule has 1 atom stereocenters. The van der Waals surface area contributed by atoms with Crippen LogP contribution in [-0.4, -0.2) is 80.1 Å². The van der Waals surface area contributed by atoms with Crippen LogP contribution >= 0.6 is 0 Å². The summed E-state index contributed by atoms with van der Waals surface area (Å²) in [7, 11) is 3.01. The van der Waals surface area contributed by atoms with Gasteiger partial charge in [0.05, 0.1) is 0 Å². The monoisotopic (exact) mass is 432 g/mol. The van der Waals surface area contributed by atoms with Gasteiger partial charge >= 0.3 is 5.69 Å². The van der Waals surface area contributed by atoms with Gasteiger partial charge in [-0.05, 0) is 25.7 Å². The van der Waals surface area contributed by atoms with Gasteiger partial charge < -0.3 is 19.5 Å². The van der Waals surface area contributed by atoms with Crippen molar-refractivity contribution in [3.63, 3.8) is 0 Å². The summed E-state index contributed by atoms with van der Waals surface area (Å²) in [4.78, 5) is 60.2. The fourth-order valence-corrected chi connectivity index (χ4v) is 4.34. The average Bonchev–Trinajstić information content (AvgIpc) is 3.47. The Hall–Kier alpha value is -2.95. The highest BCUT2D eigenvalue weighted by Gasteiger charge is 2.28. The maximum Gasteiger partial charge on any atom is 0.332 e. The molecule has 0 aromatic carbocycles. The number of rotatable bonds is 5. The van der Waals surface area contributed by atoms with Crippen LogP contribution in [0, 0.1) is 0 Å². The lowest BCUT2D eigenvalue weighted by molar-refractivity contribution is -0.142. The quantitative estimate of drug-likeness (QED) is 0.667. The lowest BCUT2D eigenvalue weighted by Gasteiger charge is -2.31. The van der Waals surface area contributed by atoms with Crippen LogP contribution in [-0.2, 0) is 28.4 Å². The molecule has 2 amide bonds. The summed E-state index contributed by atoms with van der Waals surface area (Å²) >= 11 is 0. The molecule has 0 aliphatic carbocycles. The van der Waals surface area contributed by atoms with E-state index in [-0.39, 0.29) is 36.5 Å². The fraction of sp³-hybridized carbons (Fsp3) is 0.650. The molecule has 2 aliphatic rings. The Kier molecular flexibility index (Phi) is 5.94. The molecule has 2 fully saturated rings. The van der Waals surface area contributed by atoms with Gasteiger partial charge in [0.15, 0.2) is 5.65 Å². The molecule has 1 N–H and O–H groups in total. The third-order valence-corrected chi connectivity index (χ3v) is 6.18. The molecule has 2 aliphatic heterocycles. The number of ether oxygens (including phenoxy) is 1. The lowest BCUT2D eigenvalue weighted by atomic mass is 9.97. The molecule has 168 valence electrons. The van der Waals surface area contributed by atoms with Crippen molar-refractivity contribution in [1.29, 1.82) is 0 Å². The van der Waals surface area contributed by atoms with E-state index < -0.39 is 11.2 Å². The third kappa shape index (κ3) is 4.14. The summed E-state index contributed by atoms with van der Waals surface area (Å²) in [6, 6.07) is 0. The van der Waals surface area contributed by atoms with Crippen molar-refractivity contribution in [1.82, 2.24) is 28.9 Å². The SMILES string of the molecule is Cn1c(=O)c2[nH]c(C3CCCN(C(=O)COCC(=O)N4CCCC4)C3)nc2n(C)c1=O. The van der Waals surface area contributed by atoms with Crippen molar-refractivity contribution in [3.8, 4) is 0 Å². The topological polar surface area (TPSA) is 123 Å². The van der Waals surface area contributed by atoms with Gasteiger partial charge in [-0.15, -0.1) is 0 Å². The van der Waals surface area contributed by atoms with E-state index in [1.807, 2.05) is 0 Å². The number of likely N-dealkylation sites (tertiary alicyclic amines) is 2. The van der Waals surface area contributed by atoms with Crippen molar-refractivity contribution in [2.24, 2.45) is 14.1 Å². The molecule has 11 nitrogen and oxygen atoms in total. The number of aromatic nitrogens is 4. The van der Waals surface area contributed by atoms with E-state index in [0.717, 1.165) is 43.3 Å². The zero-order chi connectivity index (χ0) is 22.1. The maximum atomic E-state index is 12.6. The molecule has 4 rings (SSSR count). The molecule has 1 unspecified atom stereocenters. The van der Waals surface area contributed by atoms with Gasteiger partial charge in [-0.2, -0.15) is 0 Å². The van der Waals surface area contributed by atoms with Crippen molar-refractivity contribution >= 4 is 23.0 Å². The van der Waals surface area contributed by atoms with E-state index >= 15 is 0 Å². The molecular formula is C20H28N6O5. The summed E-state index contributed by atoms with van der Waals surface area (Å²) in [5.41, 5.74) is -0.254. The Morgan fingerprint density at radius 2 is 1.65 bits per heavy atom. The first-order valence-electron chi connectivity index (χ1n) is 10.7. The van der Waals surface area contributed by atoms with Gasteiger partial charge in [0, 0.05) is 46.2 Å². The number of imidazole rings is 1. The minimum Gasteiger partial charge on any atom is -0.362 e. The Labute approximate surface area is 178 Å². The second-order valence-corrected chi connectivity index (χ2v) is 8.29. The number of aromatic amines is 1. The van der Waals surface area contributed by atoms with Gasteiger partial charge in [-0.3, -0.25) is 23.5 Å². The Bertz CT molecular complexity index is 1110. The molecule has 31 heavy (non-hydrogen) atoms. The van der Waals surface area contributed by atoms with E-state index in [2.05, 4.69) is 9.97 Å². The number of H-pyrrole nitrogens is 1. The first-order valence-corrected chi connectivity index (χ1v) is 10.7. The number of carbonyl (C=O) groups excluding carboxylic acids is 2. The minimum absolute atomic E-state index is 0.0729. The second-order valence-electron chi connectivity index (χ2n) is 8.29. The number of aryl methyl sites for hydroxylation is 1. The average molecular weight is 432 g/mol. The van der Waals surface area contributed by atoms with Gasteiger partial charge in [-0.1, -0.05) is 0 Å². The molecule has 0 saturated carbocycles. The first kappa shape index (κ1) is 21.3. The zero-order valence-electron chi connectivity index (χ0n) is 17.9. The van der Waals surface area contributed by atoms with Crippen LogP contribution in [0.4, 0.5) is 0 Å². The van der Waals surface area contributed by atoms with Crippen molar-refractivity contribution in [2.45, 2.75) is 31.6 Å². The number of carbonyl (C=O) groups is 2. The van der Waals surface area contributed by atoms with Crippen LogP contribution in [0.5, 0.6) is 0 Å². The van der Waals surface area contributed by atoms with Gasteiger partial charge in [-0.25, -0.2) is 9.78 Å². The summed E-state index contributed by atoms with van der Waals surface area (Å²) < 4.78 is 7.77. The summed E-state index contributed by atoms with van der Waals surface area (Å²) in [5.74, 6) is 0.279. The van der Waals surface area contributed by atoms with E-state index in [1.165, 1.54) is 11.6 Å². The Balaban J connectivity index is 1.40. The molecule has 0 radical (unpaired) electrons. The number of amides is 2. The van der Waals surface area contributed by atoms with Crippen LogP contribution in [0.2, 0.25) is 0 Å². The Morgan fingerprint density at radius 3 is 2.35 bits per heavy atom.